The van der Waals surface area contributed by atoms with Crippen LogP contribution in [0.5, 0.6) is 5.75 Å². The van der Waals surface area contributed by atoms with E-state index in [4.69, 9.17) is 9.47 Å². The molecule has 0 unspecified atom stereocenters. The lowest BCUT2D eigenvalue weighted by Crippen LogP contribution is -2.34. The molecule has 0 radical (unpaired) electrons. The van der Waals surface area contributed by atoms with Crippen LogP contribution in [-0.2, 0) is 17.7 Å². The number of esters is 1. The Balaban J connectivity index is 1.46. The summed E-state index contributed by atoms with van der Waals surface area (Å²) in [4.78, 5) is 27.9. The van der Waals surface area contributed by atoms with Crippen LogP contribution >= 0.6 is 0 Å². The summed E-state index contributed by atoms with van der Waals surface area (Å²) in [5, 5.41) is 5.80. The Morgan fingerprint density at radius 1 is 0.892 bits per heavy atom. The van der Waals surface area contributed by atoms with Crippen LogP contribution in [0.3, 0.4) is 0 Å². The number of hydrogen-bond acceptors (Lipinski definition) is 5. The largest absolute Gasteiger partial charge is 0.492 e. The SMILES string of the molecule is CCOc1ccccc1NC(=O)Nc1cccc(C(=O)OC)c1CN1CCC(Cc2ccccc2)CC1. The van der Waals surface area contributed by atoms with Crippen LogP contribution in [0.1, 0.15) is 41.3 Å². The molecule has 0 aromatic heterocycles. The van der Waals surface area contributed by atoms with Gasteiger partial charge in [-0.25, -0.2) is 9.59 Å². The lowest BCUT2D eigenvalue weighted by Gasteiger charge is -2.33. The first-order valence-corrected chi connectivity index (χ1v) is 12.8. The highest BCUT2D eigenvalue weighted by Crippen LogP contribution is 2.28. The van der Waals surface area contributed by atoms with Gasteiger partial charge >= 0.3 is 12.0 Å². The van der Waals surface area contributed by atoms with Gasteiger partial charge in [-0.1, -0.05) is 48.5 Å². The number of para-hydroxylation sites is 2. The summed E-state index contributed by atoms with van der Waals surface area (Å²) < 4.78 is 10.7. The summed E-state index contributed by atoms with van der Waals surface area (Å²) in [6.07, 6.45) is 3.27. The average Bonchev–Trinajstić information content (AvgIpc) is 2.92. The van der Waals surface area contributed by atoms with E-state index in [-0.39, 0.29) is 0 Å². The summed E-state index contributed by atoms with van der Waals surface area (Å²) in [5.41, 5.74) is 3.75. The van der Waals surface area contributed by atoms with E-state index in [1.54, 1.807) is 18.2 Å². The van der Waals surface area contributed by atoms with E-state index < -0.39 is 12.0 Å². The highest BCUT2D eigenvalue weighted by Gasteiger charge is 2.24. The van der Waals surface area contributed by atoms with Crippen molar-refractivity contribution >= 4 is 23.4 Å². The molecule has 1 aliphatic rings. The molecule has 0 aliphatic carbocycles. The topological polar surface area (TPSA) is 79.9 Å². The fourth-order valence-electron chi connectivity index (χ4n) is 4.82. The predicted molar refractivity (Wildman–Crippen MR) is 146 cm³/mol. The summed E-state index contributed by atoms with van der Waals surface area (Å²) >= 11 is 0. The first-order chi connectivity index (χ1) is 18.1. The molecule has 0 atom stereocenters. The van der Waals surface area contributed by atoms with Crippen LogP contribution in [0.2, 0.25) is 0 Å². The van der Waals surface area contributed by atoms with E-state index in [9.17, 15) is 9.59 Å². The van der Waals surface area contributed by atoms with Gasteiger partial charge in [-0.2, -0.15) is 0 Å². The van der Waals surface area contributed by atoms with Crippen molar-refractivity contribution in [2.75, 3.05) is 37.4 Å². The standard InChI is InChI=1S/C30H35N3O4/c1-3-37-28-15-8-7-13-27(28)32-30(35)31-26-14-9-12-24(29(34)36-2)25(26)21-33-18-16-23(17-19-33)20-22-10-5-4-6-11-22/h4-15,23H,3,16-21H2,1-2H3,(H2,31,32,35). The second-order valence-electron chi connectivity index (χ2n) is 9.24. The zero-order chi connectivity index (χ0) is 26.0. The molecule has 3 aromatic carbocycles. The van der Waals surface area contributed by atoms with Gasteiger partial charge in [-0.05, 0) is 75.0 Å². The number of benzene rings is 3. The van der Waals surface area contributed by atoms with E-state index >= 15 is 0 Å². The van der Waals surface area contributed by atoms with E-state index in [0.29, 0.717) is 41.8 Å². The fraction of sp³-hybridized carbons (Fsp3) is 0.333. The average molecular weight is 502 g/mol. The van der Waals surface area contributed by atoms with E-state index in [0.717, 1.165) is 37.9 Å². The van der Waals surface area contributed by atoms with Crippen LogP contribution in [0.25, 0.3) is 0 Å². The van der Waals surface area contributed by atoms with E-state index in [1.807, 2.05) is 31.2 Å². The van der Waals surface area contributed by atoms with Gasteiger partial charge < -0.3 is 20.1 Å². The molecule has 0 saturated carbocycles. The van der Waals surface area contributed by atoms with Crippen LogP contribution in [0, 0.1) is 5.92 Å². The number of amides is 2. The number of methoxy groups -OCH3 is 1. The molecule has 7 nitrogen and oxygen atoms in total. The van der Waals surface area contributed by atoms with Gasteiger partial charge in [0.2, 0.25) is 0 Å². The van der Waals surface area contributed by atoms with Gasteiger partial charge in [-0.15, -0.1) is 0 Å². The number of ether oxygens (including phenoxy) is 2. The Kier molecular flexibility index (Phi) is 9.16. The molecule has 194 valence electrons. The summed E-state index contributed by atoms with van der Waals surface area (Å²) in [6.45, 7) is 4.80. The molecule has 2 amide bonds. The van der Waals surface area contributed by atoms with Gasteiger partial charge in [0.1, 0.15) is 5.75 Å². The number of urea groups is 1. The fourth-order valence-corrected chi connectivity index (χ4v) is 4.82. The number of carbonyl (C=O) groups excluding carboxylic acids is 2. The molecule has 0 spiro atoms. The number of nitrogens with one attached hydrogen (secondary N) is 2. The van der Waals surface area contributed by atoms with Crippen molar-refractivity contribution in [1.29, 1.82) is 0 Å². The molecule has 7 heteroatoms. The van der Waals surface area contributed by atoms with E-state index in [2.05, 4.69) is 45.9 Å². The number of hydrogen-bond donors (Lipinski definition) is 2. The summed E-state index contributed by atoms with van der Waals surface area (Å²) in [5.74, 6) is 0.824. The predicted octanol–water partition coefficient (Wildman–Crippen LogP) is 5.97. The van der Waals surface area contributed by atoms with Crippen molar-refractivity contribution in [3.05, 3.63) is 89.5 Å². The Morgan fingerprint density at radius 2 is 1.57 bits per heavy atom. The lowest BCUT2D eigenvalue weighted by atomic mass is 9.90. The van der Waals surface area contributed by atoms with Gasteiger partial charge in [0.15, 0.2) is 0 Å². The first-order valence-electron chi connectivity index (χ1n) is 12.8. The van der Waals surface area contributed by atoms with Crippen molar-refractivity contribution in [3.63, 3.8) is 0 Å². The van der Waals surface area contributed by atoms with Gasteiger partial charge in [0, 0.05) is 17.8 Å². The molecule has 1 aliphatic heterocycles. The van der Waals surface area contributed by atoms with Crippen molar-refractivity contribution in [3.8, 4) is 5.75 Å². The molecular formula is C30H35N3O4. The van der Waals surface area contributed by atoms with Crippen molar-refractivity contribution in [2.45, 2.75) is 32.7 Å². The second kappa shape index (κ2) is 12.9. The molecule has 4 rings (SSSR count). The maximum atomic E-state index is 12.9. The van der Waals surface area contributed by atoms with Crippen molar-refractivity contribution < 1.29 is 19.1 Å². The molecule has 3 aromatic rings. The first kappa shape index (κ1) is 26.2. The molecular weight excluding hydrogens is 466 g/mol. The molecule has 2 N–H and O–H groups in total. The minimum atomic E-state index is -0.417. The number of carbonyl (C=O) groups is 2. The lowest BCUT2D eigenvalue weighted by molar-refractivity contribution is 0.0597. The van der Waals surface area contributed by atoms with Gasteiger partial charge in [0.05, 0.1) is 25.0 Å². The van der Waals surface area contributed by atoms with Crippen LogP contribution < -0.4 is 15.4 Å². The molecule has 37 heavy (non-hydrogen) atoms. The minimum absolute atomic E-state index is 0.406. The Morgan fingerprint density at radius 3 is 2.30 bits per heavy atom. The summed E-state index contributed by atoms with van der Waals surface area (Å²) in [7, 11) is 1.37. The highest BCUT2D eigenvalue weighted by atomic mass is 16.5. The van der Waals surface area contributed by atoms with Crippen molar-refractivity contribution in [1.82, 2.24) is 4.90 Å². The maximum absolute atomic E-state index is 12.9. The maximum Gasteiger partial charge on any atom is 0.338 e. The normalized spacial score (nSPS) is 14.1. The second-order valence-corrected chi connectivity index (χ2v) is 9.24. The number of piperidine rings is 1. The Labute approximate surface area is 218 Å². The Bertz CT molecular complexity index is 1190. The molecule has 1 saturated heterocycles. The molecule has 0 bridgehead atoms. The third-order valence-electron chi connectivity index (χ3n) is 6.72. The zero-order valence-corrected chi connectivity index (χ0v) is 21.5. The third-order valence-corrected chi connectivity index (χ3v) is 6.72. The number of rotatable bonds is 9. The zero-order valence-electron chi connectivity index (χ0n) is 21.5. The Hall–Kier alpha value is -3.84. The van der Waals surface area contributed by atoms with Gasteiger partial charge in [-0.3, -0.25) is 4.90 Å². The smallest absolute Gasteiger partial charge is 0.338 e. The van der Waals surface area contributed by atoms with Crippen LogP contribution in [0.4, 0.5) is 16.2 Å². The van der Waals surface area contributed by atoms with Crippen molar-refractivity contribution in [2.24, 2.45) is 5.92 Å². The van der Waals surface area contributed by atoms with Gasteiger partial charge in [0.25, 0.3) is 0 Å². The number of anilines is 2. The van der Waals surface area contributed by atoms with E-state index in [1.165, 1.54) is 12.7 Å². The number of likely N-dealkylation sites (tertiary alicyclic amines) is 1. The minimum Gasteiger partial charge on any atom is -0.492 e. The summed E-state index contributed by atoms with van der Waals surface area (Å²) in [6, 6.07) is 22.8. The number of nitrogens with zero attached hydrogens (tertiary/aromatic N) is 1. The quantitative estimate of drug-likeness (QED) is 0.353. The third kappa shape index (κ3) is 7.11. The van der Waals surface area contributed by atoms with Crippen LogP contribution in [-0.4, -0.2) is 43.7 Å². The molecule has 1 heterocycles. The molecule has 1 fully saturated rings. The van der Waals surface area contributed by atoms with Crippen LogP contribution in [0.15, 0.2) is 72.8 Å². The monoisotopic (exact) mass is 501 g/mol. The highest BCUT2D eigenvalue weighted by molar-refractivity contribution is 6.02.